The van der Waals surface area contributed by atoms with Crippen molar-refractivity contribution in [2.75, 3.05) is 18.4 Å². The van der Waals surface area contributed by atoms with Crippen molar-refractivity contribution in [3.8, 4) is 0 Å². The molecule has 0 aromatic heterocycles. The lowest BCUT2D eigenvalue weighted by atomic mass is 10.2. The summed E-state index contributed by atoms with van der Waals surface area (Å²) < 4.78 is 13.5. The van der Waals surface area contributed by atoms with E-state index in [1.165, 1.54) is 0 Å². The number of carboxylic acid groups (broad SMARTS) is 1. The van der Waals surface area contributed by atoms with Crippen LogP contribution in [-0.2, 0) is 4.79 Å². The van der Waals surface area contributed by atoms with E-state index in [4.69, 9.17) is 5.11 Å². The standard InChI is InChI=1S/C12H14FN3O5/c1-2-5-15(7-11(17)18)12(19)14-10-6-8(16(20)21)3-4-9(10)13/h3-4,6H,2,5,7H2,1H3,(H,14,19)(H,17,18). The molecule has 1 rings (SSSR count). The van der Waals surface area contributed by atoms with Crippen molar-refractivity contribution in [3.63, 3.8) is 0 Å². The lowest BCUT2D eigenvalue weighted by molar-refractivity contribution is -0.384. The van der Waals surface area contributed by atoms with E-state index in [1.807, 2.05) is 0 Å². The Labute approximate surface area is 119 Å². The number of nitrogens with zero attached hydrogens (tertiary/aromatic N) is 2. The summed E-state index contributed by atoms with van der Waals surface area (Å²) in [6.07, 6.45) is 0.512. The van der Waals surface area contributed by atoms with E-state index in [0.717, 1.165) is 23.1 Å². The third kappa shape index (κ3) is 4.71. The summed E-state index contributed by atoms with van der Waals surface area (Å²) in [5.41, 5.74) is -0.757. The Hall–Kier alpha value is -2.71. The van der Waals surface area contributed by atoms with E-state index in [1.54, 1.807) is 6.92 Å². The zero-order valence-electron chi connectivity index (χ0n) is 11.2. The Kier molecular flexibility index (Phi) is 5.58. The minimum Gasteiger partial charge on any atom is -0.480 e. The fourth-order valence-corrected chi connectivity index (χ4v) is 1.60. The second-order valence-electron chi connectivity index (χ2n) is 4.17. The monoisotopic (exact) mass is 299 g/mol. The molecule has 0 spiro atoms. The number of aliphatic carboxylic acids is 1. The van der Waals surface area contributed by atoms with Gasteiger partial charge in [0.25, 0.3) is 5.69 Å². The molecule has 0 bridgehead atoms. The van der Waals surface area contributed by atoms with Gasteiger partial charge in [0.05, 0.1) is 10.6 Å². The van der Waals surface area contributed by atoms with Gasteiger partial charge in [-0.1, -0.05) is 6.92 Å². The number of carboxylic acids is 1. The number of carbonyl (C=O) groups is 2. The van der Waals surface area contributed by atoms with Crippen LogP contribution in [0.15, 0.2) is 18.2 Å². The van der Waals surface area contributed by atoms with Gasteiger partial charge in [0, 0.05) is 18.7 Å². The van der Waals surface area contributed by atoms with Crippen molar-refractivity contribution in [2.45, 2.75) is 13.3 Å². The maximum absolute atomic E-state index is 13.5. The van der Waals surface area contributed by atoms with Crippen LogP contribution < -0.4 is 5.32 Å². The number of nitrogens with one attached hydrogen (secondary N) is 1. The first kappa shape index (κ1) is 16.3. The number of anilines is 1. The summed E-state index contributed by atoms with van der Waals surface area (Å²) in [7, 11) is 0. The largest absolute Gasteiger partial charge is 0.480 e. The Morgan fingerprint density at radius 3 is 2.67 bits per heavy atom. The molecule has 9 heteroatoms. The van der Waals surface area contributed by atoms with E-state index in [2.05, 4.69) is 5.32 Å². The molecular formula is C12H14FN3O5. The smallest absolute Gasteiger partial charge is 0.323 e. The number of amides is 2. The molecule has 2 amide bonds. The number of hydrogen-bond acceptors (Lipinski definition) is 4. The number of carbonyl (C=O) groups excluding carboxylic acids is 1. The van der Waals surface area contributed by atoms with Crippen LogP contribution in [0.25, 0.3) is 0 Å². The van der Waals surface area contributed by atoms with E-state index in [-0.39, 0.29) is 17.9 Å². The summed E-state index contributed by atoms with van der Waals surface area (Å²) in [5, 5.41) is 21.5. The van der Waals surface area contributed by atoms with Gasteiger partial charge < -0.3 is 15.3 Å². The number of non-ortho nitro benzene ring substituents is 1. The van der Waals surface area contributed by atoms with Gasteiger partial charge in [-0.25, -0.2) is 9.18 Å². The van der Waals surface area contributed by atoms with Crippen molar-refractivity contribution in [3.05, 3.63) is 34.1 Å². The van der Waals surface area contributed by atoms with Crippen molar-refractivity contribution in [1.29, 1.82) is 0 Å². The van der Waals surface area contributed by atoms with Crippen LogP contribution in [0.1, 0.15) is 13.3 Å². The van der Waals surface area contributed by atoms with Crippen molar-refractivity contribution in [2.24, 2.45) is 0 Å². The molecule has 0 aliphatic heterocycles. The number of urea groups is 1. The van der Waals surface area contributed by atoms with Gasteiger partial charge >= 0.3 is 12.0 Å². The molecule has 0 fully saturated rings. The molecule has 0 saturated heterocycles. The van der Waals surface area contributed by atoms with E-state index in [0.29, 0.717) is 6.42 Å². The second kappa shape index (κ2) is 7.17. The van der Waals surface area contributed by atoms with Crippen LogP contribution >= 0.6 is 0 Å². The van der Waals surface area contributed by atoms with Crippen LogP contribution in [0.5, 0.6) is 0 Å². The van der Waals surface area contributed by atoms with E-state index >= 15 is 0 Å². The van der Waals surface area contributed by atoms with E-state index in [9.17, 15) is 24.1 Å². The molecule has 2 N–H and O–H groups in total. The first-order chi connectivity index (χ1) is 9.85. The second-order valence-corrected chi connectivity index (χ2v) is 4.17. The highest BCUT2D eigenvalue weighted by Crippen LogP contribution is 2.21. The predicted molar refractivity (Wildman–Crippen MR) is 71.6 cm³/mol. The van der Waals surface area contributed by atoms with Crippen molar-refractivity contribution in [1.82, 2.24) is 4.90 Å². The lowest BCUT2D eigenvalue weighted by Gasteiger charge is -2.20. The van der Waals surface area contributed by atoms with Gasteiger partial charge in [-0.2, -0.15) is 0 Å². The molecule has 21 heavy (non-hydrogen) atoms. The normalized spacial score (nSPS) is 10.0. The quantitative estimate of drug-likeness (QED) is 0.616. The average molecular weight is 299 g/mol. The highest BCUT2D eigenvalue weighted by Gasteiger charge is 2.19. The Balaban J connectivity index is 2.92. The molecule has 8 nitrogen and oxygen atoms in total. The number of halogens is 1. The topological polar surface area (TPSA) is 113 Å². The van der Waals surface area contributed by atoms with Crippen LogP contribution in [0.4, 0.5) is 20.6 Å². The maximum Gasteiger partial charge on any atom is 0.323 e. The summed E-state index contributed by atoms with van der Waals surface area (Å²) in [5.74, 6) is -2.06. The molecule has 0 heterocycles. The SMILES string of the molecule is CCCN(CC(=O)O)C(=O)Nc1cc([N+](=O)[O-])ccc1F. The third-order valence-electron chi connectivity index (χ3n) is 2.51. The fraction of sp³-hybridized carbons (Fsp3) is 0.333. The van der Waals surface area contributed by atoms with Crippen LogP contribution in [0.2, 0.25) is 0 Å². The van der Waals surface area contributed by atoms with Gasteiger partial charge in [0.2, 0.25) is 0 Å². The average Bonchev–Trinajstić information content (AvgIpc) is 2.40. The number of benzene rings is 1. The molecule has 0 unspecified atom stereocenters. The van der Waals surface area contributed by atoms with Gasteiger partial charge in [-0.3, -0.25) is 14.9 Å². The molecule has 1 aromatic rings. The summed E-state index contributed by atoms with van der Waals surface area (Å²) in [6, 6.07) is 1.86. The van der Waals surface area contributed by atoms with Crippen LogP contribution in [0.3, 0.4) is 0 Å². The van der Waals surface area contributed by atoms with Gasteiger partial charge in [-0.05, 0) is 12.5 Å². The number of hydrogen-bond donors (Lipinski definition) is 2. The van der Waals surface area contributed by atoms with Crippen LogP contribution in [0, 0.1) is 15.9 Å². The molecule has 0 saturated carbocycles. The molecule has 0 radical (unpaired) electrons. The van der Waals surface area contributed by atoms with Gasteiger partial charge in [0.15, 0.2) is 0 Å². The summed E-state index contributed by atoms with van der Waals surface area (Å²) >= 11 is 0. The molecule has 0 aliphatic carbocycles. The predicted octanol–water partition coefficient (Wildman–Crippen LogP) is 2.06. The first-order valence-electron chi connectivity index (χ1n) is 6.06. The molecular weight excluding hydrogens is 285 g/mol. The minimum absolute atomic E-state index is 0.161. The summed E-state index contributed by atoms with van der Waals surface area (Å²) in [4.78, 5) is 33.4. The van der Waals surface area contributed by atoms with Crippen LogP contribution in [-0.4, -0.2) is 40.0 Å². The summed E-state index contributed by atoms with van der Waals surface area (Å²) in [6.45, 7) is 1.36. The van der Waals surface area contributed by atoms with Gasteiger partial charge in [-0.15, -0.1) is 0 Å². The molecule has 114 valence electrons. The highest BCUT2D eigenvalue weighted by molar-refractivity contribution is 5.91. The van der Waals surface area contributed by atoms with Crippen molar-refractivity contribution >= 4 is 23.4 Å². The zero-order valence-corrected chi connectivity index (χ0v) is 11.2. The fourth-order valence-electron chi connectivity index (χ4n) is 1.60. The Bertz CT molecular complexity index is 564. The molecule has 1 aromatic carbocycles. The van der Waals surface area contributed by atoms with E-state index < -0.39 is 29.3 Å². The Morgan fingerprint density at radius 1 is 1.48 bits per heavy atom. The first-order valence-corrected chi connectivity index (χ1v) is 6.06. The molecule has 0 atom stereocenters. The van der Waals surface area contributed by atoms with Crippen molar-refractivity contribution < 1.29 is 24.0 Å². The minimum atomic E-state index is -1.21. The maximum atomic E-state index is 13.5. The third-order valence-corrected chi connectivity index (χ3v) is 2.51. The van der Waals surface area contributed by atoms with Gasteiger partial charge in [0.1, 0.15) is 12.4 Å². The lowest BCUT2D eigenvalue weighted by Crippen LogP contribution is -2.39. The number of nitro groups is 1. The Morgan fingerprint density at radius 2 is 2.14 bits per heavy atom. The number of nitro benzene ring substituents is 1. The highest BCUT2D eigenvalue weighted by atomic mass is 19.1. The zero-order chi connectivity index (χ0) is 16.0. The number of rotatable bonds is 6. The molecule has 0 aliphatic rings.